The van der Waals surface area contributed by atoms with E-state index in [2.05, 4.69) is 20.2 Å². The molecule has 0 spiro atoms. The van der Waals surface area contributed by atoms with Gasteiger partial charge in [0.15, 0.2) is 11.6 Å². The largest absolute Gasteiger partial charge is 0.352 e. The molecule has 1 saturated carbocycles. The zero-order chi connectivity index (χ0) is 23.1. The lowest BCUT2D eigenvalue weighted by Crippen LogP contribution is -2.45. The van der Waals surface area contributed by atoms with E-state index in [9.17, 15) is 14.8 Å². The van der Waals surface area contributed by atoms with Crippen molar-refractivity contribution in [1.29, 1.82) is 0 Å². The average molecular weight is 451 g/mol. The maximum atomic E-state index is 15.3. The summed E-state index contributed by atoms with van der Waals surface area (Å²) >= 11 is 0. The molecule has 178 valence electrons. The van der Waals surface area contributed by atoms with Gasteiger partial charge in [-0.25, -0.2) is 19.4 Å². The molecule has 2 fully saturated rings. The number of amides is 2. The van der Waals surface area contributed by atoms with Crippen LogP contribution in [0.4, 0.5) is 10.2 Å². The molecule has 1 saturated heterocycles. The Morgan fingerprint density at radius 2 is 1.97 bits per heavy atom. The molecule has 1 aromatic rings. The van der Waals surface area contributed by atoms with Gasteiger partial charge < -0.3 is 15.1 Å². The average Bonchev–Trinajstić information content (AvgIpc) is 3.31. The fourth-order valence-electron chi connectivity index (χ4n) is 4.53. The summed E-state index contributed by atoms with van der Waals surface area (Å²) in [5, 5.41) is 12.9. The second-order valence-corrected chi connectivity index (χ2v) is 8.90. The molecule has 0 bridgehead atoms. The van der Waals surface area contributed by atoms with Crippen LogP contribution in [-0.4, -0.2) is 77.2 Å². The molecule has 3 rings (SSSR count). The van der Waals surface area contributed by atoms with Crippen molar-refractivity contribution in [3.63, 3.8) is 0 Å². The molecule has 10 heteroatoms. The number of halogens is 1. The van der Waals surface area contributed by atoms with Gasteiger partial charge in [0.1, 0.15) is 11.5 Å². The van der Waals surface area contributed by atoms with E-state index in [4.69, 9.17) is 0 Å². The Kier molecular flexibility index (Phi) is 8.75. The number of nitrogens with one attached hydrogen (secondary N) is 1. The number of hydroxylamine groups is 2. The summed E-state index contributed by atoms with van der Waals surface area (Å²) in [5.74, 6) is -0.141. The van der Waals surface area contributed by atoms with Crippen molar-refractivity contribution in [3.05, 3.63) is 17.3 Å². The van der Waals surface area contributed by atoms with Gasteiger partial charge in [0.05, 0.1) is 19.0 Å². The van der Waals surface area contributed by atoms with Crippen LogP contribution in [0.25, 0.3) is 0 Å². The Bertz CT molecular complexity index is 781. The van der Waals surface area contributed by atoms with Gasteiger partial charge in [0.2, 0.25) is 12.3 Å². The van der Waals surface area contributed by atoms with Crippen LogP contribution in [0.2, 0.25) is 0 Å². The lowest BCUT2D eigenvalue weighted by atomic mass is 9.92. The number of hydrogen-bond donors (Lipinski definition) is 2. The standard InChI is InChI=1S/C22H35FN6O3/c1-3-19-25-18(20(23)21(26-19)28-10-8-27(2)9-11-28)13-24-22(31)17(14-29(32)15-30)12-16-6-4-5-7-16/h15-17,32H,3-14H2,1-2H3,(H,24,31)/t17-/m1/s1. The first-order chi connectivity index (χ1) is 15.4. The molecule has 0 aromatic carbocycles. The first-order valence-corrected chi connectivity index (χ1v) is 11.6. The number of rotatable bonds is 10. The van der Waals surface area contributed by atoms with Crippen LogP contribution in [0.5, 0.6) is 0 Å². The highest BCUT2D eigenvalue weighted by atomic mass is 19.1. The van der Waals surface area contributed by atoms with Gasteiger partial charge in [-0.2, -0.15) is 0 Å². The molecule has 1 aliphatic carbocycles. The molecule has 2 aliphatic rings. The number of carbonyl (C=O) groups is 2. The van der Waals surface area contributed by atoms with E-state index in [1.165, 1.54) is 0 Å². The molecule has 2 heterocycles. The van der Waals surface area contributed by atoms with Crippen LogP contribution in [-0.2, 0) is 22.6 Å². The van der Waals surface area contributed by atoms with Crippen molar-refractivity contribution in [2.75, 3.05) is 44.7 Å². The van der Waals surface area contributed by atoms with Crippen molar-refractivity contribution >= 4 is 18.1 Å². The molecule has 2 N–H and O–H groups in total. The number of anilines is 1. The third-order valence-electron chi connectivity index (χ3n) is 6.49. The maximum absolute atomic E-state index is 15.3. The number of piperazine rings is 1. The van der Waals surface area contributed by atoms with E-state index in [0.717, 1.165) is 38.8 Å². The van der Waals surface area contributed by atoms with E-state index >= 15 is 4.39 Å². The van der Waals surface area contributed by atoms with E-state index < -0.39 is 11.7 Å². The van der Waals surface area contributed by atoms with Crippen LogP contribution < -0.4 is 10.2 Å². The lowest BCUT2D eigenvalue weighted by Gasteiger charge is -2.33. The highest BCUT2D eigenvalue weighted by Gasteiger charge is 2.28. The molecule has 2 amide bonds. The summed E-state index contributed by atoms with van der Waals surface area (Å²) in [6.45, 7) is 4.79. The van der Waals surface area contributed by atoms with Crippen LogP contribution in [0, 0.1) is 17.7 Å². The number of aromatic nitrogens is 2. The monoisotopic (exact) mass is 450 g/mol. The molecule has 1 aromatic heterocycles. The van der Waals surface area contributed by atoms with Crippen LogP contribution in [0.3, 0.4) is 0 Å². The summed E-state index contributed by atoms with van der Waals surface area (Å²) in [7, 11) is 2.03. The molecule has 9 nitrogen and oxygen atoms in total. The predicted molar refractivity (Wildman–Crippen MR) is 118 cm³/mol. The normalized spacial score (nSPS) is 18.6. The van der Waals surface area contributed by atoms with Gasteiger partial charge in [0, 0.05) is 32.6 Å². The van der Waals surface area contributed by atoms with E-state index in [0.29, 0.717) is 55.0 Å². The first-order valence-electron chi connectivity index (χ1n) is 11.6. The minimum absolute atomic E-state index is 0.0609. The number of hydrogen-bond acceptors (Lipinski definition) is 7. The predicted octanol–water partition coefficient (Wildman–Crippen LogP) is 1.59. The van der Waals surface area contributed by atoms with Gasteiger partial charge in [-0.3, -0.25) is 14.8 Å². The van der Waals surface area contributed by atoms with Crippen molar-refractivity contribution in [2.24, 2.45) is 11.8 Å². The highest BCUT2D eigenvalue weighted by Crippen LogP contribution is 2.30. The molecule has 0 unspecified atom stereocenters. The minimum Gasteiger partial charge on any atom is -0.352 e. The summed E-state index contributed by atoms with van der Waals surface area (Å²) in [5.41, 5.74) is 0.162. The Balaban J connectivity index is 1.70. The second-order valence-electron chi connectivity index (χ2n) is 8.90. The molecular formula is C22H35FN6O3. The quantitative estimate of drug-likeness (QED) is 0.317. The number of carbonyl (C=O) groups excluding carboxylic acids is 2. The highest BCUT2D eigenvalue weighted by molar-refractivity contribution is 5.79. The Hall–Kier alpha value is -2.33. The summed E-state index contributed by atoms with van der Waals surface area (Å²) in [6, 6.07) is 0. The smallest absolute Gasteiger partial charge is 0.233 e. The zero-order valence-corrected chi connectivity index (χ0v) is 19.1. The topological polar surface area (TPSA) is 102 Å². The maximum Gasteiger partial charge on any atom is 0.233 e. The van der Waals surface area contributed by atoms with E-state index in [-0.39, 0.29) is 24.7 Å². The molecule has 0 radical (unpaired) electrons. The van der Waals surface area contributed by atoms with Gasteiger partial charge in [-0.1, -0.05) is 32.6 Å². The number of nitrogens with zero attached hydrogens (tertiary/aromatic N) is 5. The molecule has 1 atom stereocenters. The lowest BCUT2D eigenvalue weighted by molar-refractivity contribution is -0.155. The van der Waals surface area contributed by atoms with Crippen LogP contribution in [0.15, 0.2) is 0 Å². The third kappa shape index (κ3) is 6.35. The Morgan fingerprint density at radius 1 is 1.28 bits per heavy atom. The molecule has 32 heavy (non-hydrogen) atoms. The SMILES string of the molecule is CCc1nc(CNC(=O)[C@H](CC2CCCC2)CN(O)C=O)c(F)c(N2CCN(C)CC2)n1. The minimum atomic E-state index is -0.555. The zero-order valence-electron chi connectivity index (χ0n) is 19.1. The van der Waals surface area contributed by atoms with Gasteiger partial charge in [-0.15, -0.1) is 0 Å². The van der Waals surface area contributed by atoms with Gasteiger partial charge in [0.25, 0.3) is 0 Å². The summed E-state index contributed by atoms with van der Waals surface area (Å²) < 4.78 is 15.3. The summed E-state index contributed by atoms with van der Waals surface area (Å²) in [6.07, 6.45) is 5.82. The van der Waals surface area contributed by atoms with Crippen molar-refractivity contribution in [2.45, 2.75) is 52.0 Å². The first kappa shape index (κ1) is 24.3. The van der Waals surface area contributed by atoms with Crippen LogP contribution in [0.1, 0.15) is 50.5 Å². The van der Waals surface area contributed by atoms with Crippen molar-refractivity contribution < 1.29 is 19.2 Å². The number of likely N-dealkylation sites (N-methyl/N-ethyl adjacent to an activating group) is 1. The molecular weight excluding hydrogens is 415 g/mol. The van der Waals surface area contributed by atoms with E-state index in [1.54, 1.807) is 0 Å². The van der Waals surface area contributed by atoms with Crippen molar-refractivity contribution in [1.82, 2.24) is 25.2 Å². The van der Waals surface area contributed by atoms with Gasteiger partial charge >= 0.3 is 0 Å². The second kappa shape index (κ2) is 11.5. The Morgan fingerprint density at radius 3 is 2.59 bits per heavy atom. The van der Waals surface area contributed by atoms with Crippen molar-refractivity contribution in [3.8, 4) is 0 Å². The van der Waals surface area contributed by atoms with E-state index in [1.807, 2.05) is 18.9 Å². The van der Waals surface area contributed by atoms with Gasteiger partial charge in [-0.05, 0) is 19.4 Å². The fraction of sp³-hybridized carbons (Fsp3) is 0.727. The Labute approximate surface area is 188 Å². The third-order valence-corrected chi connectivity index (χ3v) is 6.49. The van der Waals surface area contributed by atoms with Crippen LogP contribution >= 0.6 is 0 Å². The molecule has 1 aliphatic heterocycles. The summed E-state index contributed by atoms with van der Waals surface area (Å²) in [4.78, 5) is 36.6. The fourth-order valence-corrected chi connectivity index (χ4v) is 4.53. The number of aryl methyl sites for hydroxylation is 1.